The number of aromatic nitrogens is 1. The van der Waals surface area contributed by atoms with Crippen LogP contribution < -0.4 is 4.74 Å². The van der Waals surface area contributed by atoms with Gasteiger partial charge < -0.3 is 9.47 Å². The molecule has 1 aromatic rings. The third-order valence-corrected chi connectivity index (χ3v) is 2.52. The van der Waals surface area contributed by atoms with Crippen molar-refractivity contribution >= 4 is 21.9 Å². The summed E-state index contributed by atoms with van der Waals surface area (Å²) in [6.45, 7) is 3.29. The lowest BCUT2D eigenvalue weighted by molar-refractivity contribution is -0.152. The molecule has 0 radical (unpaired) electrons. The van der Waals surface area contributed by atoms with Gasteiger partial charge in [-0.2, -0.15) is 0 Å². The predicted octanol–water partition coefficient (Wildman–Crippen LogP) is 2.56. The van der Waals surface area contributed by atoms with E-state index in [1.807, 2.05) is 0 Å². The van der Waals surface area contributed by atoms with Crippen LogP contribution in [0.2, 0.25) is 0 Å². The molecule has 0 N–H and O–H groups in total. The highest BCUT2D eigenvalue weighted by atomic mass is 79.9. The van der Waals surface area contributed by atoms with Crippen LogP contribution in [0, 0.1) is 11.2 Å². The maximum Gasteiger partial charge on any atom is 0.314 e. The first-order valence-electron chi connectivity index (χ1n) is 4.89. The molecule has 0 aromatic carbocycles. The molecule has 0 bridgehead atoms. The van der Waals surface area contributed by atoms with Crippen LogP contribution in [0.25, 0.3) is 0 Å². The van der Waals surface area contributed by atoms with E-state index in [2.05, 4.69) is 25.7 Å². The van der Waals surface area contributed by atoms with Crippen molar-refractivity contribution in [2.45, 2.75) is 13.8 Å². The molecule has 1 rings (SSSR count). The van der Waals surface area contributed by atoms with Gasteiger partial charge in [0.1, 0.15) is 6.61 Å². The van der Waals surface area contributed by atoms with Crippen LogP contribution in [0.1, 0.15) is 13.8 Å². The van der Waals surface area contributed by atoms with Crippen molar-refractivity contribution in [3.8, 4) is 5.88 Å². The lowest BCUT2D eigenvalue weighted by atomic mass is 9.95. The largest absolute Gasteiger partial charge is 0.474 e. The van der Waals surface area contributed by atoms with E-state index in [0.717, 1.165) is 0 Å². The summed E-state index contributed by atoms with van der Waals surface area (Å²) in [5.41, 5.74) is -0.851. The number of hydrogen-bond acceptors (Lipinski definition) is 4. The number of carbonyl (C=O) groups is 1. The van der Waals surface area contributed by atoms with Gasteiger partial charge in [0.25, 0.3) is 0 Å². The first kappa shape index (κ1) is 13.9. The first-order valence-corrected chi connectivity index (χ1v) is 5.68. The predicted molar refractivity (Wildman–Crippen MR) is 63.2 cm³/mol. The maximum absolute atomic E-state index is 13.4. The van der Waals surface area contributed by atoms with Crippen LogP contribution in [0.4, 0.5) is 4.39 Å². The molecule has 1 aromatic heterocycles. The Labute approximate surface area is 107 Å². The Hall–Kier alpha value is -1.17. The summed E-state index contributed by atoms with van der Waals surface area (Å²) in [4.78, 5) is 15.1. The summed E-state index contributed by atoms with van der Waals surface area (Å²) in [6.07, 6.45) is 1.42. The van der Waals surface area contributed by atoms with E-state index in [-0.39, 0.29) is 12.5 Å². The molecule has 4 nitrogen and oxygen atoms in total. The van der Waals surface area contributed by atoms with Crippen molar-refractivity contribution in [3.05, 3.63) is 22.6 Å². The van der Waals surface area contributed by atoms with E-state index in [4.69, 9.17) is 4.74 Å². The minimum Gasteiger partial charge on any atom is -0.474 e. The highest BCUT2D eigenvalue weighted by Gasteiger charge is 2.30. The summed E-state index contributed by atoms with van der Waals surface area (Å²) in [5, 5.41) is 0. The Morgan fingerprint density at radius 3 is 2.76 bits per heavy atom. The van der Waals surface area contributed by atoms with Gasteiger partial charge in [-0.25, -0.2) is 9.37 Å². The number of rotatable bonds is 4. The number of hydrogen-bond donors (Lipinski definition) is 0. The smallest absolute Gasteiger partial charge is 0.314 e. The molecule has 0 aliphatic rings. The quantitative estimate of drug-likeness (QED) is 0.802. The lowest BCUT2D eigenvalue weighted by Gasteiger charge is -2.21. The average Bonchev–Trinajstić information content (AvgIpc) is 2.26. The van der Waals surface area contributed by atoms with Crippen LogP contribution in [-0.4, -0.2) is 24.7 Å². The van der Waals surface area contributed by atoms with Crippen LogP contribution in [-0.2, 0) is 9.53 Å². The second-order valence-electron chi connectivity index (χ2n) is 4.10. The fraction of sp³-hybridized carbons (Fsp3) is 0.455. The molecule has 0 spiro atoms. The Kier molecular flexibility index (Phi) is 4.45. The molecule has 0 atom stereocenters. The van der Waals surface area contributed by atoms with Gasteiger partial charge >= 0.3 is 5.97 Å². The molecule has 0 fully saturated rings. The number of nitrogens with zero attached hydrogens (tertiary/aromatic N) is 1. The average molecular weight is 306 g/mol. The molecule has 94 valence electrons. The zero-order valence-corrected chi connectivity index (χ0v) is 11.4. The van der Waals surface area contributed by atoms with Gasteiger partial charge in [-0.1, -0.05) is 0 Å². The fourth-order valence-corrected chi connectivity index (χ4v) is 1.40. The molecular formula is C11H13BrFNO3. The van der Waals surface area contributed by atoms with Gasteiger partial charge in [-0.15, -0.1) is 0 Å². The first-order chi connectivity index (χ1) is 7.86. The van der Waals surface area contributed by atoms with Gasteiger partial charge in [-0.05, 0) is 35.8 Å². The molecule has 0 saturated heterocycles. The van der Waals surface area contributed by atoms with Crippen molar-refractivity contribution in [2.24, 2.45) is 5.41 Å². The SMILES string of the molecule is COC(=O)C(C)(C)COc1ncc(Br)cc1F. The van der Waals surface area contributed by atoms with Gasteiger partial charge in [0.15, 0.2) is 5.82 Å². The zero-order valence-electron chi connectivity index (χ0n) is 9.79. The Bertz CT molecular complexity index is 423. The molecule has 0 unspecified atom stereocenters. The maximum atomic E-state index is 13.4. The lowest BCUT2D eigenvalue weighted by Crippen LogP contribution is -2.32. The summed E-state index contributed by atoms with van der Waals surface area (Å²) < 4.78 is 23.7. The van der Waals surface area contributed by atoms with E-state index >= 15 is 0 Å². The second-order valence-corrected chi connectivity index (χ2v) is 5.02. The molecular weight excluding hydrogens is 293 g/mol. The highest BCUT2D eigenvalue weighted by Crippen LogP contribution is 2.22. The molecule has 0 saturated carbocycles. The second kappa shape index (κ2) is 5.44. The summed E-state index contributed by atoms with van der Waals surface area (Å²) in [6, 6.07) is 1.24. The van der Waals surface area contributed by atoms with Crippen molar-refractivity contribution in [3.63, 3.8) is 0 Å². The molecule has 0 aliphatic heterocycles. The normalized spacial score (nSPS) is 11.1. The van der Waals surface area contributed by atoms with Crippen molar-refractivity contribution in [1.29, 1.82) is 0 Å². The van der Waals surface area contributed by atoms with Gasteiger partial charge in [0.05, 0.1) is 12.5 Å². The number of methoxy groups -OCH3 is 1. The molecule has 1 heterocycles. The molecule has 0 amide bonds. The zero-order chi connectivity index (χ0) is 13.1. The number of pyridine rings is 1. The minimum atomic E-state index is -0.851. The molecule has 17 heavy (non-hydrogen) atoms. The number of halogens is 2. The monoisotopic (exact) mass is 305 g/mol. The van der Waals surface area contributed by atoms with Gasteiger partial charge in [-0.3, -0.25) is 4.79 Å². The van der Waals surface area contributed by atoms with Crippen LogP contribution >= 0.6 is 15.9 Å². The highest BCUT2D eigenvalue weighted by molar-refractivity contribution is 9.10. The number of carbonyl (C=O) groups excluding carboxylic acids is 1. The number of esters is 1. The van der Waals surface area contributed by atoms with E-state index in [0.29, 0.717) is 4.47 Å². The van der Waals surface area contributed by atoms with E-state index < -0.39 is 17.2 Å². The molecule has 0 aliphatic carbocycles. The Balaban J connectivity index is 2.70. The summed E-state index contributed by atoms with van der Waals surface area (Å²) >= 11 is 3.09. The van der Waals surface area contributed by atoms with Gasteiger partial charge in [0.2, 0.25) is 5.88 Å². The van der Waals surface area contributed by atoms with Crippen LogP contribution in [0.15, 0.2) is 16.7 Å². The van der Waals surface area contributed by atoms with Crippen molar-refractivity contribution in [2.75, 3.05) is 13.7 Å². The third-order valence-electron chi connectivity index (χ3n) is 2.08. The van der Waals surface area contributed by atoms with Crippen LogP contribution in [0.3, 0.4) is 0 Å². The van der Waals surface area contributed by atoms with E-state index in [1.54, 1.807) is 13.8 Å². The van der Waals surface area contributed by atoms with Crippen molar-refractivity contribution < 1.29 is 18.7 Å². The van der Waals surface area contributed by atoms with E-state index in [1.165, 1.54) is 19.4 Å². The summed E-state index contributed by atoms with van der Waals surface area (Å²) in [7, 11) is 1.29. The minimum absolute atomic E-state index is 0.00870. The topological polar surface area (TPSA) is 48.4 Å². The van der Waals surface area contributed by atoms with Gasteiger partial charge in [0, 0.05) is 10.7 Å². The third kappa shape index (κ3) is 3.66. The Morgan fingerprint density at radius 1 is 1.59 bits per heavy atom. The van der Waals surface area contributed by atoms with Crippen molar-refractivity contribution in [1.82, 2.24) is 4.98 Å². The molecule has 6 heteroatoms. The Morgan fingerprint density at radius 2 is 2.24 bits per heavy atom. The standard InChI is InChI=1S/C11H13BrFNO3/c1-11(2,10(15)16-3)6-17-9-8(13)4-7(12)5-14-9/h4-5H,6H2,1-3H3. The van der Waals surface area contributed by atoms with E-state index in [9.17, 15) is 9.18 Å². The summed E-state index contributed by atoms with van der Waals surface area (Å²) in [5.74, 6) is -1.14. The number of ether oxygens (including phenoxy) is 2. The fourth-order valence-electron chi connectivity index (χ4n) is 1.09. The van der Waals surface area contributed by atoms with Crippen LogP contribution in [0.5, 0.6) is 5.88 Å².